The minimum Gasteiger partial charge on any atom is -0.444 e. The summed E-state index contributed by atoms with van der Waals surface area (Å²) in [5, 5.41) is 6.35. The van der Waals surface area contributed by atoms with Crippen LogP contribution in [0.5, 0.6) is 0 Å². The minimum absolute atomic E-state index is 0.314. The molecule has 0 spiro atoms. The summed E-state index contributed by atoms with van der Waals surface area (Å²) in [5.74, 6) is 1.15. The Hall–Kier alpha value is -0.770. The summed E-state index contributed by atoms with van der Waals surface area (Å²) in [7, 11) is 0. The molecule has 1 aliphatic heterocycles. The number of nitrogens with one attached hydrogen (secondary N) is 2. The Bertz CT molecular complexity index is 302. The maximum Gasteiger partial charge on any atom is 0.407 e. The Morgan fingerprint density at radius 3 is 2.37 bits per heavy atom. The molecule has 0 unspecified atom stereocenters. The van der Waals surface area contributed by atoms with Crippen LogP contribution in [0.2, 0.25) is 0 Å². The van der Waals surface area contributed by atoms with E-state index in [9.17, 15) is 4.79 Å². The van der Waals surface area contributed by atoms with Crippen molar-refractivity contribution in [3.05, 3.63) is 0 Å². The summed E-state index contributed by atoms with van der Waals surface area (Å²) >= 11 is 0. The van der Waals surface area contributed by atoms with Crippen molar-refractivity contribution in [2.75, 3.05) is 19.6 Å². The molecule has 0 aromatic heterocycles. The number of hydrogen-bond donors (Lipinski definition) is 2. The number of carbonyl (C=O) groups is 1. The summed E-state index contributed by atoms with van der Waals surface area (Å²) in [6.45, 7) is 15.2. The van der Waals surface area contributed by atoms with Crippen LogP contribution in [-0.4, -0.2) is 31.3 Å². The summed E-state index contributed by atoms with van der Waals surface area (Å²) in [5.41, 5.74) is -0.111. The molecule has 4 nitrogen and oxygen atoms in total. The van der Waals surface area contributed by atoms with Crippen LogP contribution in [0.3, 0.4) is 0 Å². The van der Waals surface area contributed by atoms with Crippen LogP contribution in [0.4, 0.5) is 4.79 Å². The fourth-order valence-corrected chi connectivity index (χ4v) is 2.39. The lowest BCUT2D eigenvalue weighted by atomic mass is 9.74. The van der Waals surface area contributed by atoms with Gasteiger partial charge < -0.3 is 15.4 Å². The number of carbonyl (C=O) groups excluding carboxylic acids is 1. The zero-order valence-electron chi connectivity index (χ0n) is 13.3. The van der Waals surface area contributed by atoms with Crippen molar-refractivity contribution < 1.29 is 9.53 Å². The van der Waals surface area contributed by atoms with Crippen molar-refractivity contribution >= 4 is 6.09 Å². The van der Waals surface area contributed by atoms with E-state index in [2.05, 4.69) is 31.4 Å². The van der Waals surface area contributed by atoms with Crippen LogP contribution in [0.1, 0.15) is 48.0 Å². The first-order chi connectivity index (χ1) is 8.58. The molecule has 1 rings (SSSR count). The van der Waals surface area contributed by atoms with Gasteiger partial charge in [0.05, 0.1) is 0 Å². The molecule has 2 N–H and O–H groups in total. The molecule has 0 saturated carbocycles. The van der Waals surface area contributed by atoms with Gasteiger partial charge in [0.2, 0.25) is 0 Å². The maximum absolute atomic E-state index is 11.6. The smallest absolute Gasteiger partial charge is 0.407 e. The van der Waals surface area contributed by atoms with Crippen molar-refractivity contribution in [2.45, 2.75) is 53.6 Å². The minimum atomic E-state index is -0.428. The molecule has 19 heavy (non-hydrogen) atoms. The van der Waals surface area contributed by atoms with Crippen molar-refractivity contribution in [2.24, 2.45) is 17.3 Å². The third-order valence-corrected chi connectivity index (χ3v) is 3.60. The number of hydrogen-bond acceptors (Lipinski definition) is 3. The van der Waals surface area contributed by atoms with Crippen molar-refractivity contribution in [3.8, 4) is 0 Å². The van der Waals surface area contributed by atoms with E-state index in [1.807, 2.05) is 20.8 Å². The average Bonchev–Trinajstić information content (AvgIpc) is 2.23. The van der Waals surface area contributed by atoms with Crippen LogP contribution >= 0.6 is 0 Å². The normalized spacial score (nSPS) is 24.9. The number of piperidine rings is 1. The van der Waals surface area contributed by atoms with E-state index in [0.717, 1.165) is 19.5 Å². The number of rotatable bonds is 2. The largest absolute Gasteiger partial charge is 0.444 e. The van der Waals surface area contributed by atoms with Crippen molar-refractivity contribution in [1.82, 2.24) is 10.6 Å². The molecule has 1 saturated heterocycles. The summed E-state index contributed by atoms with van der Waals surface area (Å²) in [6.07, 6.45) is 0.845. The van der Waals surface area contributed by atoms with E-state index in [0.29, 0.717) is 23.8 Å². The first-order valence-electron chi connectivity index (χ1n) is 7.25. The summed E-state index contributed by atoms with van der Waals surface area (Å²) < 4.78 is 5.25. The average molecular weight is 270 g/mol. The van der Waals surface area contributed by atoms with E-state index >= 15 is 0 Å². The second-order valence-corrected chi connectivity index (χ2v) is 7.71. The number of amides is 1. The fraction of sp³-hybridized carbons (Fsp3) is 0.933. The van der Waals surface area contributed by atoms with Crippen LogP contribution in [-0.2, 0) is 4.74 Å². The first kappa shape index (κ1) is 16.3. The summed E-state index contributed by atoms with van der Waals surface area (Å²) in [4.78, 5) is 11.6. The molecule has 0 aliphatic carbocycles. The van der Waals surface area contributed by atoms with Crippen LogP contribution in [0.15, 0.2) is 0 Å². The summed E-state index contributed by atoms with van der Waals surface area (Å²) in [6, 6.07) is 0. The monoisotopic (exact) mass is 270 g/mol. The molecular weight excluding hydrogens is 240 g/mol. The van der Waals surface area contributed by atoms with Crippen LogP contribution in [0, 0.1) is 17.3 Å². The van der Waals surface area contributed by atoms with E-state index in [1.165, 1.54) is 0 Å². The van der Waals surface area contributed by atoms with Gasteiger partial charge in [-0.05, 0) is 57.5 Å². The molecule has 0 bridgehead atoms. The van der Waals surface area contributed by atoms with E-state index in [4.69, 9.17) is 4.74 Å². The lowest BCUT2D eigenvalue weighted by Gasteiger charge is -2.38. The molecule has 0 aromatic carbocycles. The highest BCUT2D eigenvalue weighted by molar-refractivity contribution is 5.67. The predicted molar refractivity (Wildman–Crippen MR) is 78.2 cm³/mol. The third kappa shape index (κ3) is 6.28. The Labute approximate surface area is 117 Å². The Balaban J connectivity index is 2.35. The van der Waals surface area contributed by atoms with Gasteiger partial charge in [0.1, 0.15) is 5.60 Å². The Kier molecular flexibility index (Phi) is 5.25. The quantitative estimate of drug-likeness (QED) is 0.811. The van der Waals surface area contributed by atoms with E-state index in [1.54, 1.807) is 0 Å². The fourth-order valence-electron chi connectivity index (χ4n) is 2.39. The Morgan fingerprint density at radius 2 is 1.84 bits per heavy atom. The first-order valence-corrected chi connectivity index (χ1v) is 7.25. The molecule has 4 heteroatoms. The standard InChI is InChI=1S/C15H30N2O2/c1-14(2,3)12-7-11(8-16-10-12)9-17-13(18)19-15(4,5)6/h11-12,16H,7-10H2,1-6H3,(H,17,18)/t11-,12+/m1/s1. The van der Waals surface area contributed by atoms with Gasteiger partial charge in [0.15, 0.2) is 0 Å². The van der Waals surface area contributed by atoms with Crippen molar-refractivity contribution in [1.29, 1.82) is 0 Å². The molecule has 2 atom stereocenters. The highest BCUT2D eigenvalue weighted by Gasteiger charge is 2.30. The molecular formula is C15H30N2O2. The van der Waals surface area contributed by atoms with Gasteiger partial charge in [-0.3, -0.25) is 0 Å². The molecule has 1 heterocycles. The van der Waals surface area contributed by atoms with Gasteiger partial charge in [-0.2, -0.15) is 0 Å². The molecule has 0 aromatic rings. The van der Waals surface area contributed by atoms with Gasteiger partial charge in [-0.25, -0.2) is 4.79 Å². The molecule has 1 aliphatic rings. The lowest BCUT2D eigenvalue weighted by Crippen LogP contribution is -2.46. The van der Waals surface area contributed by atoms with Gasteiger partial charge in [-0.1, -0.05) is 20.8 Å². The molecule has 0 radical (unpaired) electrons. The molecule has 1 fully saturated rings. The maximum atomic E-state index is 11.6. The predicted octanol–water partition coefficient (Wildman–Crippen LogP) is 2.78. The molecule has 112 valence electrons. The SMILES string of the molecule is CC(C)(C)OC(=O)NC[C@H]1CNC[C@@H](C(C)(C)C)C1. The lowest BCUT2D eigenvalue weighted by molar-refractivity contribution is 0.0508. The van der Waals surface area contributed by atoms with Crippen LogP contribution in [0.25, 0.3) is 0 Å². The topological polar surface area (TPSA) is 50.4 Å². The number of ether oxygens (including phenoxy) is 1. The zero-order valence-corrected chi connectivity index (χ0v) is 13.3. The van der Waals surface area contributed by atoms with E-state index < -0.39 is 5.60 Å². The highest BCUT2D eigenvalue weighted by Crippen LogP contribution is 2.32. The van der Waals surface area contributed by atoms with Gasteiger partial charge in [0.25, 0.3) is 0 Å². The van der Waals surface area contributed by atoms with Gasteiger partial charge in [0, 0.05) is 6.54 Å². The second-order valence-electron chi connectivity index (χ2n) is 7.71. The van der Waals surface area contributed by atoms with Crippen LogP contribution < -0.4 is 10.6 Å². The Morgan fingerprint density at radius 1 is 1.21 bits per heavy atom. The van der Waals surface area contributed by atoms with E-state index in [-0.39, 0.29) is 6.09 Å². The highest BCUT2D eigenvalue weighted by atomic mass is 16.6. The molecule has 1 amide bonds. The van der Waals surface area contributed by atoms with Gasteiger partial charge >= 0.3 is 6.09 Å². The van der Waals surface area contributed by atoms with Gasteiger partial charge in [-0.15, -0.1) is 0 Å². The zero-order chi connectivity index (χ0) is 14.7. The number of alkyl carbamates (subject to hydrolysis) is 1. The van der Waals surface area contributed by atoms with Crippen molar-refractivity contribution in [3.63, 3.8) is 0 Å². The second kappa shape index (κ2) is 6.12. The third-order valence-electron chi connectivity index (χ3n) is 3.60.